The molecule has 0 saturated carbocycles. The minimum absolute atomic E-state index is 0.0581. The zero-order chi connectivity index (χ0) is 23.7. The van der Waals surface area contributed by atoms with Crippen LogP contribution in [0.3, 0.4) is 0 Å². The van der Waals surface area contributed by atoms with Gasteiger partial charge in [-0.05, 0) is 55.2 Å². The van der Waals surface area contributed by atoms with Crippen molar-refractivity contribution in [2.24, 2.45) is 0 Å². The third kappa shape index (κ3) is 7.03. The van der Waals surface area contributed by atoms with Crippen LogP contribution in [-0.4, -0.2) is 58.0 Å². The van der Waals surface area contributed by atoms with Crippen LogP contribution in [0.15, 0.2) is 53.4 Å². The minimum Gasteiger partial charge on any atom is -0.497 e. The topological polar surface area (TPSA) is 102 Å². The highest BCUT2D eigenvalue weighted by Gasteiger charge is 2.26. The maximum atomic E-state index is 13.0. The summed E-state index contributed by atoms with van der Waals surface area (Å²) in [6.45, 7) is 0.915. The van der Waals surface area contributed by atoms with Crippen molar-refractivity contribution in [2.75, 3.05) is 33.4 Å². The first-order valence-corrected chi connectivity index (χ1v) is 12.5. The van der Waals surface area contributed by atoms with E-state index in [1.54, 1.807) is 7.11 Å². The SMILES string of the molecule is COc1ccc(CCNC(=O)COC(=O)c2cccc(S(=O)(=O)N3CCCCCC3)c2)cc1. The van der Waals surface area contributed by atoms with E-state index in [1.807, 2.05) is 24.3 Å². The van der Waals surface area contributed by atoms with Gasteiger partial charge in [0, 0.05) is 19.6 Å². The number of nitrogens with one attached hydrogen (secondary N) is 1. The number of methoxy groups -OCH3 is 1. The van der Waals surface area contributed by atoms with Crippen molar-refractivity contribution < 1.29 is 27.5 Å². The van der Waals surface area contributed by atoms with E-state index in [2.05, 4.69) is 5.32 Å². The van der Waals surface area contributed by atoms with Crippen molar-refractivity contribution in [2.45, 2.75) is 37.0 Å². The lowest BCUT2D eigenvalue weighted by Gasteiger charge is -2.20. The zero-order valence-electron chi connectivity index (χ0n) is 18.8. The van der Waals surface area contributed by atoms with Gasteiger partial charge in [0.25, 0.3) is 5.91 Å². The third-order valence-electron chi connectivity index (χ3n) is 5.50. The molecule has 0 bridgehead atoms. The third-order valence-corrected chi connectivity index (χ3v) is 7.40. The highest BCUT2D eigenvalue weighted by molar-refractivity contribution is 7.89. The molecule has 1 amide bonds. The lowest BCUT2D eigenvalue weighted by Crippen LogP contribution is -2.32. The number of hydrogen-bond acceptors (Lipinski definition) is 6. The molecule has 3 rings (SSSR count). The summed E-state index contributed by atoms with van der Waals surface area (Å²) in [6, 6.07) is 13.3. The van der Waals surface area contributed by atoms with Crippen LogP contribution in [0.2, 0.25) is 0 Å². The molecular formula is C24H30N2O6S. The lowest BCUT2D eigenvalue weighted by molar-refractivity contribution is -0.124. The summed E-state index contributed by atoms with van der Waals surface area (Å²) in [7, 11) is -2.08. The molecule has 0 atom stereocenters. The van der Waals surface area contributed by atoms with Gasteiger partial charge in [0.2, 0.25) is 10.0 Å². The van der Waals surface area contributed by atoms with Gasteiger partial charge in [0.05, 0.1) is 17.6 Å². The average molecular weight is 475 g/mol. The van der Waals surface area contributed by atoms with E-state index in [0.29, 0.717) is 26.1 Å². The van der Waals surface area contributed by atoms with Crippen molar-refractivity contribution in [1.29, 1.82) is 0 Å². The minimum atomic E-state index is -3.68. The second-order valence-electron chi connectivity index (χ2n) is 7.87. The summed E-state index contributed by atoms with van der Waals surface area (Å²) in [6.07, 6.45) is 4.31. The van der Waals surface area contributed by atoms with Crippen LogP contribution < -0.4 is 10.1 Å². The molecule has 9 heteroatoms. The molecular weight excluding hydrogens is 444 g/mol. The summed E-state index contributed by atoms with van der Waals surface area (Å²) < 4.78 is 37.6. The highest BCUT2D eigenvalue weighted by atomic mass is 32.2. The molecule has 178 valence electrons. The Labute approximate surface area is 194 Å². The summed E-state index contributed by atoms with van der Waals surface area (Å²) >= 11 is 0. The molecule has 8 nitrogen and oxygen atoms in total. The van der Waals surface area contributed by atoms with Crippen LogP contribution in [0.4, 0.5) is 0 Å². The Balaban J connectivity index is 1.50. The van der Waals surface area contributed by atoms with Crippen molar-refractivity contribution in [1.82, 2.24) is 9.62 Å². The fourth-order valence-corrected chi connectivity index (χ4v) is 5.18. The van der Waals surface area contributed by atoms with E-state index in [1.165, 1.54) is 28.6 Å². The largest absolute Gasteiger partial charge is 0.497 e. The van der Waals surface area contributed by atoms with Crippen molar-refractivity contribution in [3.63, 3.8) is 0 Å². The standard InChI is InChI=1S/C24H30N2O6S/c1-31-21-11-9-19(10-12-21)13-14-25-23(27)18-32-24(28)20-7-6-8-22(17-20)33(29,30)26-15-4-2-3-5-16-26/h6-12,17H,2-5,13-16,18H2,1H3,(H,25,27). The van der Waals surface area contributed by atoms with Gasteiger partial charge in [-0.25, -0.2) is 13.2 Å². The molecule has 1 aliphatic rings. The van der Waals surface area contributed by atoms with Crippen LogP contribution in [0, 0.1) is 0 Å². The number of rotatable bonds is 9. The first-order chi connectivity index (χ1) is 15.9. The number of benzene rings is 2. The van der Waals surface area contributed by atoms with E-state index in [-0.39, 0.29) is 10.5 Å². The monoisotopic (exact) mass is 474 g/mol. The Kier molecular flexibility index (Phi) is 8.85. The molecule has 2 aromatic rings. The van der Waals surface area contributed by atoms with Gasteiger partial charge in [-0.15, -0.1) is 0 Å². The smallest absolute Gasteiger partial charge is 0.338 e. The lowest BCUT2D eigenvalue weighted by atomic mass is 10.1. The molecule has 0 radical (unpaired) electrons. The van der Waals surface area contributed by atoms with Gasteiger partial charge >= 0.3 is 5.97 Å². The zero-order valence-corrected chi connectivity index (χ0v) is 19.6. The number of sulfonamides is 1. The number of nitrogens with zero attached hydrogens (tertiary/aromatic N) is 1. The van der Waals surface area contributed by atoms with Gasteiger partial charge in [-0.2, -0.15) is 4.31 Å². The Morgan fingerprint density at radius 1 is 1.00 bits per heavy atom. The maximum Gasteiger partial charge on any atom is 0.338 e. The van der Waals surface area contributed by atoms with Crippen molar-refractivity contribution in [3.05, 3.63) is 59.7 Å². The highest BCUT2D eigenvalue weighted by Crippen LogP contribution is 2.21. The molecule has 1 heterocycles. The molecule has 0 unspecified atom stereocenters. The Hall–Kier alpha value is -2.91. The number of carbonyl (C=O) groups excluding carboxylic acids is 2. The molecule has 0 aromatic heterocycles. The molecule has 1 aliphatic heterocycles. The Morgan fingerprint density at radius 2 is 1.70 bits per heavy atom. The Bertz CT molecular complexity index is 1040. The van der Waals surface area contributed by atoms with Crippen LogP contribution in [-0.2, 0) is 26.0 Å². The van der Waals surface area contributed by atoms with Crippen LogP contribution >= 0.6 is 0 Å². The van der Waals surface area contributed by atoms with E-state index in [0.717, 1.165) is 37.0 Å². The number of amides is 1. The van der Waals surface area contributed by atoms with E-state index in [4.69, 9.17) is 9.47 Å². The second-order valence-corrected chi connectivity index (χ2v) is 9.81. The molecule has 0 spiro atoms. The van der Waals surface area contributed by atoms with Crippen molar-refractivity contribution in [3.8, 4) is 5.75 Å². The summed E-state index contributed by atoms with van der Waals surface area (Å²) in [5.41, 5.74) is 1.13. The van der Waals surface area contributed by atoms with Crippen LogP contribution in [0.5, 0.6) is 5.75 Å². The van der Waals surface area contributed by atoms with Crippen molar-refractivity contribution >= 4 is 21.9 Å². The van der Waals surface area contributed by atoms with E-state index in [9.17, 15) is 18.0 Å². The van der Waals surface area contributed by atoms with Gasteiger partial charge in [0.15, 0.2) is 6.61 Å². The second kappa shape index (κ2) is 11.8. The first-order valence-electron chi connectivity index (χ1n) is 11.1. The molecule has 2 aromatic carbocycles. The quantitative estimate of drug-likeness (QED) is 0.561. The predicted octanol–water partition coefficient (Wildman–Crippen LogP) is 2.78. The molecule has 0 aliphatic carbocycles. The molecule has 1 saturated heterocycles. The number of esters is 1. The van der Waals surface area contributed by atoms with Crippen LogP contribution in [0.1, 0.15) is 41.6 Å². The van der Waals surface area contributed by atoms with Gasteiger partial charge in [-0.1, -0.05) is 31.0 Å². The van der Waals surface area contributed by atoms with E-state index < -0.39 is 28.5 Å². The summed E-state index contributed by atoms with van der Waals surface area (Å²) in [5.74, 6) is -0.406. The first kappa shape index (κ1) is 24.7. The average Bonchev–Trinajstić information content (AvgIpc) is 3.13. The fourth-order valence-electron chi connectivity index (χ4n) is 3.62. The molecule has 1 fully saturated rings. The molecule has 33 heavy (non-hydrogen) atoms. The maximum absolute atomic E-state index is 13.0. The van der Waals surface area contributed by atoms with Gasteiger partial charge in [-0.3, -0.25) is 4.79 Å². The number of carbonyl (C=O) groups is 2. The fraction of sp³-hybridized carbons (Fsp3) is 0.417. The van der Waals surface area contributed by atoms with Gasteiger partial charge in [0.1, 0.15) is 5.75 Å². The number of hydrogen-bond donors (Lipinski definition) is 1. The molecule has 1 N–H and O–H groups in total. The predicted molar refractivity (Wildman–Crippen MR) is 124 cm³/mol. The number of ether oxygens (including phenoxy) is 2. The summed E-state index contributed by atoms with van der Waals surface area (Å²) in [5, 5.41) is 2.70. The Morgan fingerprint density at radius 3 is 2.36 bits per heavy atom. The van der Waals surface area contributed by atoms with Gasteiger partial charge < -0.3 is 14.8 Å². The van der Waals surface area contributed by atoms with E-state index >= 15 is 0 Å². The van der Waals surface area contributed by atoms with Crippen LogP contribution in [0.25, 0.3) is 0 Å². The normalized spacial score (nSPS) is 14.8. The summed E-state index contributed by atoms with van der Waals surface area (Å²) in [4.78, 5) is 24.5.